The van der Waals surface area contributed by atoms with Crippen LogP contribution in [-0.4, -0.2) is 11.5 Å². The first-order valence-corrected chi connectivity index (χ1v) is 7.93. The minimum Gasteiger partial charge on any atom is -0.467 e. The predicted octanol–water partition coefficient (Wildman–Crippen LogP) is 4.31. The number of thiophene rings is 1. The largest absolute Gasteiger partial charge is 0.467 e. The summed E-state index contributed by atoms with van der Waals surface area (Å²) < 4.78 is 6.34. The number of pyridine rings is 1. The van der Waals surface area contributed by atoms with Gasteiger partial charge in [0.25, 0.3) is 0 Å². The molecule has 3 aromatic heterocycles. The van der Waals surface area contributed by atoms with Crippen LogP contribution in [-0.2, 0) is 6.42 Å². The van der Waals surface area contributed by atoms with E-state index in [0.29, 0.717) is 0 Å². The third kappa shape index (κ3) is 3.73. The number of nitrogens with one attached hydrogen (secondary N) is 1. The number of rotatable bonds is 6. The molecule has 108 valence electrons. The van der Waals surface area contributed by atoms with Gasteiger partial charge in [0.15, 0.2) is 0 Å². The summed E-state index contributed by atoms with van der Waals surface area (Å²) in [5, 5.41) is 3.54. The monoisotopic (exact) mass is 318 g/mol. The van der Waals surface area contributed by atoms with E-state index in [1.165, 1.54) is 5.56 Å². The summed E-state index contributed by atoms with van der Waals surface area (Å²) in [7, 11) is 0. The molecule has 0 aliphatic carbocycles. The minimum absolute atomic E-state index is 0.0411. The van der Waals surface area contributed by atoms with Gasteiger partial charge >= 0.3 is 0 Å². The SMILES string of the molecule is Clc1ccc(C(NCCc2ccncc2)c2ccco2)s1. The summed E-state index contributed by atoms with van der Waals surface area (Å²) in [6.07, 6.45) is 6.28. The van der Waals surface area contributed by atoms with Crippen molar-refractivity contribution in [2.24, 2.45) is 0 Å². The predicted molar refractivity (Wildman–Crippen MR) is 85.8 cm³/mol. The second kappa shape index (κ2) is 6.89. The van der Waals surface area contributed by atoms with E-state index in [-0.39, 0.29) is 6.04 Å². The highest BCUT2D eigenvalue weighted by molar-refractivity contribution is 7.16. The lowest BCUT2D eigenvalue weighted by Gasteiger charge is -2.15. The van der Waals surface area contributed by atoms with Gasteiger partial charge in [0, 0.05) is 23.8 Å². The highest BCUT2D eigenvalue weighted by Crippen LogP contribution is 2.31. The average Bonchev–Trinajstić information content (AvgIpc) is 3.16. The molecule has 0 bridgehead atoms. The molecule has 1 N–H and O–H groups in total. The molecule has 0 aliphatic heterocycles. The van der Waals surface area contributed by atoms with Crippen LogP contribution in [0.15, 0.2) is 59.5 Å². The Morgan fingerprint density at radius 3 is 2.71 bits per heavy atom. The van der Waals surface area contributed by atoms with Gasteiger partial charge in [-0.25, -0.2) is 0 Å². The normalized spacial score (nSPS) is 12.4. The molecule has 3 nitrogen and oxygen atoms in total. The molecular formula is C16H15ClN2OS. The number of hydrogen-bond acceptors (Lipinski definition) is 4. The zero-order valence-corrected chi connectivity index (χ0v) is 12.9. The van der Waals surface area contributed by atoms with Crippen molar-refractivity contribution in [1.82, 2.24) is 10.3 Å². The fourth-order valence-electron chi connectivity index (χ4n) is 2.19. The first-order chi connectivity index (χ1) is 10.3. The Kier molecular flexibility index (Phi) is 4.70. The molecule has 3 rings (SSSR count). The van der Waals surface area contributed by atoms with Crippen LogP contribution in [0.2, 0.25) is 4.34 Å². The van der Waals surface area contributed by atoms with Crippen molar-refractivity contribution in [3.05, 3.63) is 75.6 Å². The number of furan rings is 1. The zero-order chi connectivity index (χ0) is 14.5. The second-order valence-corrected chi connectivity index (χ2v) is 6.40. The molecule has 0 radical (unpaired) electrons. The molecule has 1 atom stereocenters. The van der Waals surface area contributed by atoms with Gasteiger partial charge in [-0.2, -0.15) is 0 Å². The van der Waals surface area contributed by atoms with Crippen LogP contribution >= 0.6 is 22.9 Å². The van der Waals surface area contributed by atoms with Crippen molar-refractivity contribution in [3.8, 4) is 0 Å². The van der Waals surface area contributed by atoms with Gasteiger partial charge < -0.3 is 9.73 Å². The second-order valence-electron chi connectivity index (χ2n) is 4.65. The van der Waals surface area contributed by atoms with E-state index in [4.69, 9.17) is 16.0 Å². The number of hydrogen-bond donors (Lipinski definition) is 1. The Morgan fingerprint density at radius 2 is 2.05 bits per heavy atom. The molecule has 0 aromatic carbocycles. The van der Waals surface area contributed by atoms with E-state index in [2.05, 4.69) is 10.3 Å². The zero-order valence-electron chi connectivity index (χ0n) is 11.3. The molecular weight excluding hydrogens is 304 g/mol. The van der Waals surface area contributed by atoms with Crippen molar-refractivity contribution in [1.29, 1.82) is 0 Å². The average molecular weight is 319 g/mol. The van der Waals surface area contributed by atoms with Crippen molar-refractivity contribution in [2.45, 2.75) is 12.5 Å². The molecule has 5 heteroatoms. The molecule has 3 aromatic rings. The Labute approximate surface area is 132 Å². The van der Waals surface area contributed by atoms with E-state index in [1.54, 1.807) is 17.6 Å². The fourth-order valence-corrected chi connectivity index (χ4v) is 3.34. The highest BCUT2D eigenvalue weighted by Gasteiger charge is 2.18. The summed E-state index contributed by atoms with van der Waals surface area (Å²) in [4.78, 5) is 5.19. The third-order valence-corrected chi connectivity index (χ3v) is 4.51. The van der Waals surface area contributed by atoms with Crippen LogP contribution in [0.4, 0.5) is 0 Å². The van der Waals surface area contributed by atoms with Crippen LogP contribution in [0.5, 0.6) is 0 Å². The van der Waals surface area contributed by atoms with Gasteiger partial charge in [0.2, 0.25) is 0 Å². The lowest BCUT2D eigenvalue weighted by molar-refractivity contribution is 0.451. The summed E-state index contributed by atoms with van der Waals surface area (Å²) in [6, 6.07) is 12.0. The van der Waals surface area contributed by atoms with Crippen LogP contribution in [0.3, 0.4) is 0 Å². The van der Waals surface area contributed by atoms with Crippen LogP contribution in [0, 0.1) is 0 Å². The lowest BCUT2D eigenvalue weighted by Crippen LogP contribution is -2.23. The topological polar surface area (TPSA) is 38.1 Å². The Bertz CT molecular complexity index is 667. The van der Waals surface area contributed by atoms with Crippen molar-refractivity contribution < 1.29 is 4.42 Å². The molecule has 0 saturated carbocycles. The summed E-state index contributed by atoms with van der Waals surface area (Å²) in [6.45, 7) is 0.852. The summed E-state index contributed by atoms with van der Waals surface area (Å²) in [5.41, 5.74) is 1.26. The number of aromatic nitrogens is 1. The maximum absolute atomic E-state index is 6.05. The quantitative estimate of drug-likeness (QED) is 0.736. The van der Waals surface area contributed by atoms with Crippen molar-refractivity contribution >= 4 is 22.9 Å². The van der Waals surface area contributed by atoms with E-state index >= 15 is 0 Å². The van der Waals surface area contributed by atoms with Gasteiger partial charge in [-0.1, -0.05) is 11.6 Å². The van der Waals surface area contributed by atoms with Gasteiger partial charge in [0.05, 0.1) is 10.6 Å². The van der Waals surface area contributed by atoms with Crippen LogP contribution in [0.25, 0.3) is 0 Å². The summed E-state index contributed by atoms with van der Waals surface area (Å²) in [5.74, 6) is 0.906. The number of halogens is 1. The fraction of sp³-hybridized carbons (Fsp3) is 0.188. The maximum atomic E-state index is 6.05. The molecule has 0 spiro atoms. The van der Waals surface area contributed by atoms with Crippen LogP contribution < -0.4 is 5.32 Å². The Balaban J connectivity index is 1.68. The van der Waals surface area contributed by atoms with E-state index in [0.717, 1.165) is 27.9 Å². The maximum Gasteiger partial charge on any atom is 0.126 e. The van der Waals surface area contributed by atoms with Crippen LogP contribution in [0.1, 0.15) is 22.2 Å². The van der Waals surface area contributed by atoms with Gasteiger partial charge in [-0.3, -0.25) is 4.98 Å². The van der Waals surface area contributed by atoms with Gasteiger partial charge in [-0.05, 0) is 48.4 Å². The Hall–Kier alpha value is -1.62. The molecule has 0 aliphatic rings. The standard InChI is InChI=1S/C16H15ClN2OS/c17-15-4-3-14(21-15)16(13-2-1-11-20-13)19-10-7-12-5-8-18-9-6-12/h1-6,8-9,11,16,19H,7,10H2. The van der Waals surface area contributed by atoms with Gasteiger partial charge in [-0.15, -0.1) is 11.3 Å². The Morgan fingerprint density at radius 1 is 1.19 bits per heavy atom. The minimum atomic E-state index is 0.0411. The van der Waals surface area contributed by atoms with E-state index in [9.17, 15) is 0 Å². The molecule has 0 amide bonds. The molecule has 1 unspecified atom stereocenters. The third-order valence-electron chi connectivity index (χ3n) is 3.22. The molecule has 0 saturated heterocycles. The summed E-state index contributed by atoms with van der Waals surface area (Å²) >= 11 is 7.62. The first kappa shape index (κ1) is 14.3. The molecule has 0 fully saturated rings. The van der Waals surface area contributed by atoms with E-state index in [1.807, 2.05) is 48.8 Å². The number of nitrogens with zero attached hydrogens (tertiary/aromatic N) is 1. The lowest BCUT2D eigenvalue weighted by atomic mass is 10.1. The first-order valence-electron chi connectivity index (χ1n) is 6.74. The van der Waals surface area contributed by atoms with Gasteiger partial charge in [0.1, 0.15) is 11.8 Å². The van der Waals surface area contributed by atoms with Crippen molar-refractivity contribution in [3.63, 3.8) is 0 Å². The molecule has 3 heterocycles. The highest BCUT2D eigenvalue weighted by atomic mass is 35.5. The van der Waals surface area contributed by atoms with E-state index < -0.39 is 0 Å². The molecule has 21 heavy (non-hydrogen) atoms. The smallest absolute Gasteiger partial charge is 0.126 e. The van der Waals surface area contributed by atoms with Crippen molar-refractivity contribution in [2.75, 3.05) is 6.54 Å².